The Balaban J connectivity index is 0.00000312. The second-order valence-electron chi connectivity index (χ2n) is 7.16. The topological polar surface area (TPSA) is 75.4 Å². The van der Waals surface area contributed by atoms with Crippen LogP contribution >= 0.6 is 28.3 Å². The SMILES string of the molecule is CC(C)CC(C)(CN)NC(=O)C1CCN(c2cccc(Br)c2)C1=O.Cl. The zero-order chi connectivity index (χ0) is 17.9. The Morgan fingerprint density at radius 2 is 2.16 bits per heavy atom. The van der Waals surface area contributed by atoms with Gasteiger partial charge in [-0.1, -0.05) is 35.8 Å². The van der Waals surface area contributed by atoms with Crippen molar-refractivity contribution in [2.45, 2.75) is 39.2 Å². The van der Waals surface area contributed by atoms with Crippen molar-refractivity contribution >= 4 is 45.8 Å². The summed E-state index contributed by atoms with van der Waals surface area (Å²) >= 11 is 3.41. The number of nitrogens with one attached hydrogen (secondary N) is 1. The molecule has 1 heterocycles. The molecule has 2 unspecified atom stereocenters. The largest absolute Gasteiger partial charge is 0.349 e. The summed E-state index contributed by atoms with van der Waals surface area (Å²) in [7, 11) is 0. The number of hydrogen-bond donors (Lipinski definition) is 2. The van der Waals surface area contributed by atoms with Gasteiger partial charge < -0.3 is 16.0 Å². The van der Waals surface area contributed by atoms with E-state index < -0.39 is 11.5 Å². The molecule has 1 aromatic carbocycles. The van der Waals surface area contributed by atoms with E-state index in [0.29, 0.717) is 25.4 Å². The molecule has 1 fully saturated rings. The van der Waals surface area contributed by atoms with E-state index in [0.717, 1.165) is 16.6 Å². The fraction of sp³-hybridized carbons (Fsp3) is 0.556. The summed E-state index contributed by atoms with van der Waals surface area (Å²) in [6, 6.07) is 7.56. The highest BCUT2D eigenvalue weighted by Gasteiger charge is 2.39. The highest BCUT2D eigenvalue weighted by atomic mass is 79.9. The van der Waals surface area contributed by atoms with E-state index in [9.17, 15) is 9.59 Å². The number of carbonyl (C=O) groups excluding carboxylic acids is 2. The van der Waals surface area contributed by atoms with Crippen molar-refractivity contribution in [3.05, 3.63) is 28.7 Å². The maximum Gasteiger partial charge on any atom is 0.239 e. The van der Waals surface area contributed by atoms with Crippen molar-refractivity contribution in [1.29, 1.82) is 0 Å². The first-order valence-corrected chi connectivity index (χ1v) is 9.14. The van der Waals surface area contributed by atoms with Crippen LogP contribution in [-0.2, 0) is 9.59 Å². The molecule has 140 valence electrons. The van der Waals surface area contributed by atoms with Gasteiger partial charge >= 0.3 is 0 Å². The lowest BCUT2D eigenvalue weighted by Crippen LogP contribution is -2.54. The molecule has 1 aromatic rings. The number of nitrogens with zero attached hydrogens (tertiary/aromatic N) is 1. The molecule has 2 amide bonds. The molecule has 2 atom stereocenters. The lowest BCUT2D eigenvalue weighted by atomic mass is 9.90. The molecule has 0 aliphatic carbocycles. The van der Waals surface area contributed by atoms with E-state index in [2.05, 4.69) is 35.1 Å². The van der Waals surface area contributed by atoms with Crippen molar-refractivity contribution in [3.63, 3.8) is 0 Å². The molecule has 7 heteroatoms. The highest BCUT2D eigenvalue weighted by molar-refractivity contribution is 9.10. The quantitative estimate of drug-likeness (QED) is 0.678. The number of amides is 2. The van der Waals surface area contributed by atoms with E-state index in [4.69, 9.17) is 5.73 Å². The van der Waals surface area contributed by atoms with E-state index in [1.165, 1.54) is 0 Å². The molecule has 2 rings (SSSR count). The Hall–Kier alpha value is -1.11. The lowest BCUT2D eigenvalue weighted by molar-refractivity contribution is -0.133. The van der Waals surface area contributed by atoms with E-state index in [-0.39, 0.29) is 24.2 Å². The van der Waals surface area contributed by atoms with Crippen molar-refractivity contribution in [1.82, 2.24) is 5.32 Å². The summed E-state index contributed by atoms with van der Waals surface area (Å²) in [5.74, 6) is -0.584. The predicted molar refractivity (Wildman–Crippen MR) is 107 cm³/mol. The summed E-state index contributed by atoms with van der Waals surface area (Å²) in [5.41, 5.74) is 6.19. The van der Waals surface area contributed by atoms with Crippen molar-refractivity contribution < 1.29 is 9.59 Å². The van der Waals surface area contributed by atoms with Crippen LogP contribution in [-0.4, -0.2) is 30.4 Å². The van der Waals surface area contributed by atoms with Crippen LogP contribution in [0.5, 0.6) is 0 Å². The minimum Gasteiger partial charge on any atom is -0.349 e. The molecule has 1 aliphatic heterocycles. The third kappa shape index (κ3) is 5.43. The van der Waals surface area contributed by atoms with E-state index in [1.807, 2.05) is 31.2 Å². The Labute approximate surface area is 164 Å². The van der Waals surface area contributed by atoms with Gasteiger partial charge in [0.2, 0.25) is 11.8 Å². The zero-order valence-electron chi connectivity index (χ0n) is 14.9. The van der Waals surface area contributed by atoms with Gasteiger partial charge in [0, 0.05) is 28.8 Å². The molecule has 1 saturated heterocycles. The van der Waals surface area contributed by atoms with Crippen LogP contribution < -0.4 is 16.0 Å². The molecule has 0 aromatic heterocycles. The third-order valence-corrected chi connectivity index (χ3v) is 4.87. The summed E-state index contributed by atoms with van der Waals surface area (Å²) in [4.78, 5) is 27.0. The van der Waals surface area contributed by atoms with Gasteiger partial charge in [0.15, 0.2) is 0 Å². The molecular weight excluding hydrogens is 406 g/mol. The maximum atomic E-state index is 12.7. The van der Waals surface area contributed by atoms with Crippen LogP contribution in [0.1, 0.15) is 33.6 Å². The van der Waals surface area contributed by atoms with E-state index >= 15 is 0 Å². The Kier molecular flexibility index (Phi) is 7.90. The van der Waals surface area contributed by atoms with Gasteiger partial charge in [0.05, 0.1) is 0 Å². The maximum absolute atomic E-state index is 12.7. The van der Waals surface area contributed by atoms with Gasteiger partial charge in [0.1, 0.15) is 5.92 Å². The lowest BCUT2D eigenvalue weighted by Gasteiger charge is -2.32. The molecule has 3 N–H and O–H groups in total. The molecule has 25 heavy (non-hydrogen) atoms. The smallest absolute Gasteiger partial charge is 0.239 e. The van der Waals surface area contributed by atoms with Gasteiger partial charge in [-0.05, 0) is 43.9 Å². The molecular formula is C18H27BrClN3O2. The van der Waals surface area contributed by atoms with Crippen molar-refractivity contribution in [2.75, 3.05) is 18.0 Å². The Morgan fingerprint density at radius 1 is 1.48 bits per heavy atom. The number of benzene rings is 1. The van der Waals surface area contributed by atoms with Gasteiger partial charge in [-0.25, -0.2) is 0 Å². The standard InChI is InChI=1S/C18H26BrN3O2.ClH/c1-12(2)10-18(3,11-20)21-16(23)15-7-8-22(17(15)24)14-6-4-5-13(19)9-14;/h4-6,9,12,15H,7-8,10-11,20H2,1-3H3,(H,21,23);1H. The van der Waals surface area contributed by atoms with Gasteiger partial charge in [-0.15, -0.1) is 12.4 Å². The number of carbonyl (C=O) groups is 2. The van der Waals surface area contributed by atoms with Crippen LogP contribution in [0.25, 0.3) is 0 Å². The van der Waals surface area contributed by atoms with Crippen LogP contribution in [0.2, 0.25) is 0 Å². The summed E-state index contributed by atoms with van der Waals surface area (Å²) in [6.45, 7) is 7.03. The Morgan fingerprint density at radius 3 is 2.72 bits per heavy atom. The van der Waals surface area contributed by atoms with Gasteiger partial charge in [0.25, 0.3) is 0 Å². The fourth-order valence-corrected chi connectivity index (χ4v) is 3.68. The van der Waals surface area contributed by atoms with Crippen LogP contribution in [0.15, 0.2) is 28.7 Å². The first-order chi connectivity index (χ1) is 11.3. The summed E-state index contributed by atoms with van der Waals surface area (Å²) in [5, 5.41) is 3.01. The number of halogens is 2. The second kappa shape index (κ2) is 9.01. The normalized spacial score (nSPS) is 19.5. The molecule has 0 bridgehead atoms. The van der Waals surface area contributed by atoms with E-state index in [1.54, 1.807) is 4.90 Å². The first-order valence-electron chi connectivity index (χ1n) is 8.35. The van der Waals surface area contributed by atoms with Crippen molar-refractivity contribution in [2.24, 2.45) is 17.6 Å². The molecule has 0 saturated carbocycles. The molecule has 0 radical (unpaired) electrons. The van der Waals surface area contributed by atoms with Crippen molar-refractivity contribution in [3.8, 4) is 0 Å². The predicted octanol–water partition coefficient (Wildman–Crippen LogP) is 3.10. The highest BCUT2D eigenvalue weighted by Crippen LogP contribution is 2.28. The number of rotatable bonds is 6. The van der Waals surface area contributed by atoms with Gasteiger partial charge in [-0.3, -0.25) is 9.59 Å². The Bertz CT molecular complexity index is 626. The van der Waals surface area contributed by atoms with Crippen LogP contribution in [0.3, 0.4) is 0 Å². The third-order valence-electron chi connectivity index (χ3n) is 4.38. The molecule has 5 nitrogen and oxygen atoms in total. The van der Waals surface area contributed by atoms with Crippen LogP contribution in [0, 0.1) is 11.8 Å². The number of anilines is 1. The summed E-state index contributed by atoms with van der Waals surface area (Å²) in [6.07, 6.45) is 1.31. The summed E-state index contributed by atoms with van der Waals surface area (Å²) < 4.78 is 0.911. The second-order valence-corrected chi connectivity index (χ2v) is 8.08. The minimum absolute atomic E-state index is 0. The number of nitrogens with two attached hydrogens (primary N) is 1. The fourth-order valence-electron chi connectivity index (χ4n) is 3.29. The average Bonchev–Trinajstić information content (AvgIpc) is 2.88. The first kappa shape index (κ1) is 21.9. The number of hydrogen-bond acceptors (Lipinski definition) is 3. The van der Waals surface area contributed by atoms with Crippen LogP contribution in [0.4, 0.5) is 5.69 Å². The average molecular weight is 433 g/mol. The van der Waals surface area contributed by atoms with Gasteiger partial charge in [-0.2, -0.15) is 0 Å². The monoisotopic (exact) mass is 431 g/mol. The molecule has 0 spiro atoms. The minimum atomic E-state index is -0.637. The zero-order valence-corrected chi connectivity index (χ0v) is 17.3. The molecule has 1 aliphatic rings.